The Bertz CT molecular complexity index is 268. The first-order chi connectivity index (χ1) is 6.38. The predicted molar refractivity (Wildman–Crippen MR) is 42.9 cm³/mol. The van der Waals surface area contributed by atoms with Crippen molar-refractivity contribution >= 4 is 0 Å². The van der Waals surface area contributed by atoms with Gasteiger partial charge < -0.3 is 14.4 Å². The summed E-state index contributed by atoms with van der Waals surface area (Å²) in [5, 5.41) is 12.4. The second kappa shape index (κ2) is 3.85. The Labute approximate surface area is 75.7 Å². The number of aliphatic hydroxyl groups excluding tert-OH is 1. The van der Waals surface area contributed by atoms with Gasteiger partial charge in [-0.1, -0.05) is 5.16 Å². The molecule has 5 heteroatoms. The summed E-state index contributed by atoms with van der Waals surface area (Å²) in [6, 6.07) is 0. The second-order valence-corrected chi connectivity index (χ2v) is 3.20. The van der Waals surface area contributed by atoms with Gasteiger partial charge in [0.15, 0.2) is 5.82 Å². The van der Waals surface area contributed by atoms with E-state index in [1.54, 1.807) is 0 Å². The molecule has 0 spiro atoms. The van der Waals surface area contributed by atoms with E-state index in [2.05, 4.69) is 10.1 Å². The topological polar surface area (TPSA) is 68.4 Å². The molecular formula is C8H12N2O3. The molecule has 0 bridgehead atoms. The molecule has 1 fully saturated rings. The lowest BCUT2D eigenvalue weighted by atomic mass is 10.1. The van der Waals surface area contributed by atoms with Crippen molar-refractivity contribution in [3.05, 3.63) is 11.7 Å². The minimum absolute atomic E-state index is 0.186. The van der Waals surface area contributed by atoms with Crippen LogP contribution in [0.4, 0.5) is 0 Å². The summed E-state index contributed by atoms with van der Waals surface area (Å²) in [7, 11) is 0. The molecule has 1 aromatic rings. The molecule has 0 aliphatic carbocycles. The van der Waals surface area contributed by atoms with E-state index in [0.717, 1.165) is 26.1 Å². The highest BCUT2D eigenvalue weighted by atomic mass is 16.5. The fraction of sp³-hybridized carbons (Fsp3) is 0.750. The van der Waals surface area contributed by atoms with E-state index in [-0.39, 0.29) is 12.5 Å². The molecule has 0 aromatic carbocycles. The number of aromatic nitrogens is 2. The monoisotopic (exact) mass is 184 g/mol. The first kappa shape index (κ1) is 8.65. The van der Waals surface area contributed by atoms with Crippen molar-refractivity contribution < 1.29 is 14.4 Å². The van der Waals surface area contributed by atoms with Crippen molar-refractivity contribution in [1.29, 1.82) is 0 Å². The van der Waals surface area contributed by atoms with E-state index in [0.29, 0.717) is 11.7 Å². The molecular weight excluding hydrogens is 172 g/mol. The van der Waals surface area contributed by atoms with Gasteiger partial charge in [0.1, 0.15) is 6.61 Å². The van der Waals surface area contributed by atoms with Crippen LogP contribution < -0.4 is 0 Å². The Hall–Kier alpha value is -0.940. The molecule has 1 N–H and O–H groups in total. The average Bonchev–Trinajstić information content (AvgIpc) is 2.76. The third-order valence-corrected chi connectivity index (χ3v) is 2.14. The highest BCUT2D eigenvalue weighted by Crippen LogP contribution is 2.16. The molecule has 1 saturated heterocycles. The van der Waals surface area contributed by atoms with Crippen molar-refractivity contribution in [3.8, 4) is 0 Å². The zero-order chi connectivity index (χ0) is 9.10. The highest BCUT2D eigenvalue weighted by Gasteiger charge is 2.18. The van der Waals surface area contributed by atoms with Crippen LogP contribution in [-0.4, -0.2) is 28.5 Å². The average molecular weight is 184 g/mol. The number of nitrogens with zero attached hydrogens (tertiary/aromatic N) is 2. The van der Waals surface area contributed by atoms with Gasteiger partial charge in [-0.25, -0.2) is 0 Å². The molecule has 1 atom stereocenters. The van der Waals surface area contributed by atoms with Crippen molar-refractivity contribution in [2.24, 2.45) is 5.92 Å². The lowest BCUT2D eigenvalue weighted by Crippen LogP contribution is -2.04. The van der Waals surface area contributed by atoms with Crippen molar-refractivity contribution in [2.45, 2.75) is 19.4 Å². The number of hydrogen-bond donors (Lipinski definition) is 1. The largest absolute Gasteiger partial charge is 0.387 e. The molecule has 0 radical (unpaired) electrons. The normalized spacial score (nSPS) is 22.4. The number of hydrogen-bond acceptors (Lipinski definition) is 5. The summed E-state index contributed by atoms with van der Waals surface area (Å²) in [4.78, 5) is 4.01. The van der Waals surface area contributed by atoms with E-state index in [4.69, 9.17) is 14.4 Å². The van der Waals surface area contributed by atoms with Crippen LogP contribution in [0.1, 0.15) is 18.1 Å². The summed E-state index contributed by atoms with van der Waals surface area (Å²) >= 11 is 0. The van der Waals surface area contributed by atoms with Gasteiger partial charge in [0.05, 0.1) is 0 Å². The van der Waals surface area contributed by atoms with Gasteiger partial charge in [0.2, 0.25) is 0 Å². The first-order valence-corrected chi connectivity index (χ1v) is 4.38. The zero-order valence-electron chi connectivity index (χ0n) is 7.27. The molecule has 1 aromatic heterocycles. The van der Waals surface area contributed by atoms with Crippen molar-refractivity contribution in [2.75, 3.05) is 13.2 Å². The fourth-order valence-electron chi connectivity index (χ4n) is 1.44. The Morgan fingerprint density at radius 3 is 3.08 bits per heavy atom. The van der Waals surface area contributed by atoms with Crippen LogP contribution in [0.5, 0.6) is 0 Å². The van der Waals surface area contributed by atoms with Crippen molar-refractivity contribution in [3.63, 3.8) is 0 Å². The number of ether oxygens (including phenoxy) is 1. The Morgan fingerprint density at radius 1 is 1.54 bits per heavy atom. The van der Waals surface area contributed by atoms with Crippen LogP contribution in [0.2, 0.25) is 0 Å². The van der Waals surface area contributed by atoms with Gasteiger partial charge in [0.25, 0.3) is 5.89 Å². The van der Waals surface area contributed by atoms with Crippen LogP contribution in [0.3, 0.4) is 0 Å². The molecule has 2 heterocycles. The van der Waals surface area contributed by atoms with E-state index >= 15 is 0 Å². The lowest BCUT2D eigenvalue weighted by Gasteiger charge is -2.00. The first-order valence-electron chi connectivity index (χ1n) is 4.38. The predicted octanol–water partition coefficient (Wildman–Crippen LogP) is 0.141. The Balaban J connectivity index is 1.92. The maximum Gasteiger partial charge on any atom is 0.252 e. The third-order valence-electron chi connectivity index (χ3n) is 2.14. The van der Waals surface area contributed by atoms with Crippen LogP contribution in [0, 0.1) is 5.92 Å². The summed E-state index contributed by atoms with van der Waals surface area (Å²) in [5.41, 5.74) is 0. The van der Waals surface area contributed by atoms with Gasteiger partial charge in [-0.2, -0.15) is 4.98 Å². The Kier molecular flexibility index (Phi) is 2.56. The molecule has 5 nitrogen and oxygen atoms in total. The molecule has 72 valence electrons. The SMILES string of the molecule is OCc1nc(CC2CCOC2)no1. The molecule has 2 rings (SSSR count). The smallest absolute Gasteiger partial charge is 0.252 e. The summed E-state index contributed by atoms with van der Waals surface area (Å²) in [6.45, 7) is 1.42. The summed E-state index contributed by atoms with van der Waals surface area (Å²) in [5.74, 6) is 1.46. The lowest BCUT2D eigenvalue weighted by molar-refractivity contribution is 0.185. The van der Waals surface area contributed by atoms with Gasteiger partial charge >= 0.3 is 0 Å². The van der Waals surface area contributed by atoms with E-state index < -0.39 is 0 Å². The van der Waals surface area contributed by atoms with E-state index in [9.17, 15) is 0 Å². The second-order valence-electron chi connectivity index (χ2n) is 3.20. The van der Waals surface area contributed by atoms with E-state index in [1.165, 1.54) is 0 Å². The van der Waals surface area contributed by atoms with Crippen molar-refractivity contribution in [1.82, 2.24) is 10.1 Å². The van der Waals surface area contributed by atoms with Crippen LogP contribution in [-0.2, 0) is 17.8 Å². The quantitative estimate of drug-likeness (QED) is 0.723. The number of rotatable bonds is 3. The molecule has 1 unspecified atom stereocenters. The maximum atomic E-state index is 8.69. The van der Waals surface area contributed by atoms with Crippen LogP contribution in [0.25, 0.3) is 0 Å². The molecule has 13 heavy (non-hydrogen) atoms. The minimum atomic E-state index is -0.186. The molecule has 1 aliphatic heterocycles. The third kappa shape index (κ3) is 2.05. The standard InChI is InChI=1S/C8H12N2O3/c11-4-8-9-7(10-13-8)3-6-1-2-12-5-6/h6,11H,1-5H2. The molecule has 1 aliphatic rings. The van der Waals surface area contributed by atoms with Gasteiger partial charge in [0, 0.05) is 19.6 Å². The van der Waals surface area contributed by atoms with Crippen LogP contribution in [0.15, 0.2) is 4.52 Å². The van der Waals surface area contributed by atoms with E-state index in [1.807, 2.05) is 0 Å². The van der Waals surface area contributed by atoms with Gasteiger partial charge in [-0.3, -0.25) is 0 Å². The fourth-order valence-corrected chi connectivity index (χ4v) is 1.44. The minimum Gasteiger partial charge on any atom is -0.387 e. The molecule has 0 amide bonds. The zero-order valence-corrected chi connectivity index (χ0v) is 7.27. The summed E-state index contributed by atoms with van der Waals surface area (Å²) < 4.78 is 10.00. The van der Waals surface area contributed by atoms with Crippen LogP contribution >= 0.6 is 0 Å². The van der Waals surface area contributed by atoms with Gasteiger partial charge in [-0.05, 0) is 12.3 Å². The highest BCUT2D eigenvalue weighted by molar-refractivity contribution is 4.88. The summed E-state index contributed by atoms with van der Waals surface area (Å²) in [6.07, 6.45) is 1.84. The maximum absolute atomic E-state index is 8.69. The van der Waals surface area contributed by atoms with Gasteiger partial charge in [-0.15, -0.1) is 0 Å². The number of aliphatic hydroxyl groups is 1. The molecule has 0 saturated carbocycles. The Morgan fingerprint density at radius 2 is 2.46 bits per heavy atom.